The Kier molecular flexibility index (Phi) is 4.49. The molecule has 2 aromatic rings. The quantitative estimate of drug-likeness (QED) is 0.870. The third-order valence-electron chi connectivity index (χ3n) is 3.21. The van der Waals surface area contributed by atoms with E-state index in [-0.39, 0.29) is 5.69 Å². The van der Waals surface area contributed by atoms with E-state index >= 15 is 0 Å². The van der Waals surface area contributed by atoms with Crippen molar-refractivity contribution in [3.8, 4) is 5.69 Å². The van der Waals surface area contributed by atoms with Gasteiger partial charge in [0.1, 0.15) is 0 Å². The van der Waals surface area contributed by atoms with Crippen molar-refractivity contribution in [1.29, 1.82) is 0 Å². The van der Waals surface area contributed by atoms with Gasteiger partial charge in [-0.05, 0) is 31.2 Å². The fourth-order valence-corrected chi connectivity index (χ4v) is 2.23. The van der Waals surface area contributed by atoms with Gasteiger partial charge in [0.15, 0.2) is 5.69 Å². The van der Waals surface area contributed by atoms with Crippen LogP contribution in [0.4, 0.5) is 0 Å². The van der Waals surface area contributed by atoms with E-state index < -0.39 is 17.4 Å². The summed E-state index contributed by atoms with van der Waals surface area (Å²) in [5, 5.41) is 17.0. The molecule has 0 fully saturated rings. The second-order valence-corrected chi connectivity index (χ2v) is 6.02. The smallest absolute Gasteiger partial charge is 0.358 e. The van der Waals surface area contributed by atoms with Crippen molar-refractivity contribution in [1.82, 2.24) is 15.0 Å². The van der Waals surface area contributed by atoms with Crippen molar-refractivity contribution in [2.45, 2.75) is 33.1 Å². The predicted octanol–water partition coefficient (Wildman–Crippen LogP) is 2.44. The molecule has 1 aromatic heterocycles. The molecule has 1 heterocycles. The zero-order valence-electron chi connectivity index (χ0n) is 13.5. The number of esters is 1. The molecule has 7 nitrogen and oxygen atoms in total. The molecule has 0 spiro atoms. The van der Waals surface area contributed by atoms with Gasteiger partial charge in [0, 0.05) is 5.41 Å². The van der Waals surface area contributed by atoms with Crippen LogP contribution in [0.5, 0.6) is 0 Å². The molecule has 0 saturated heterocycles. The van der Waals surface area contributed by atoms with Crippen LogP contribution >= 0.6 is 0 Å². The minimum absolute atomic E-state index is 0.0769. The fraction of sp³-hybridized carbons (Fsp3) is 0.375. The van der Waals surface area contributed by atoms with E-state index in [0.717, 1.165) is 0 Å². The van der Waals surface area contributed by atoms with E-state index in [4.69, 9.17) is 4.74 Å². The fourth-order valence-electron chi connectivity index (χ4n) is 2.23. The summed E-state index contributed by atoms with van der Waals surface area (Å²) in [6, 6.07) is 6.59. The molecular formula is C16H19N3O4. The van der Waals surface area contributed by atoms with Crippen LogP contribution in [-0.2, 0) is 10.2 Å². The van der Waals surface area contributed by atoms with Crippen LogP contribution in [0, 0.1) is 0 Å². The van der Waals surface area contributed by atoms with Crippen LogP contribution in [0.1, 0.15) is 54.2 Å². The highest BCUT2D eigenvalue weighted by atomic mass is 16.5. The van der Waals surface area contributed by atoms with E-state index in [9.17, 15) is 14.7 Å². The molecule has 1 N–H and O–H groups in total. The van der Waals surface area contributed by atoms with Gasteiger partial charge >= 0.3 is 11.9 Å². The Balaban J connectivity index is 2.47. The van der Waals surface area contributed by atoms with Crippen molar-refractivity contribution in [2.75, 3.05) is 6.61 Å². The second kappa shape index (κ2) is 6.20. The minimum Gasteiger partial charge on any atom is -0.476 e. The van der Waals surface area contributed by atoms with Gasteiger partial charge in [-0.15, -0.1) is 5.10 Å². The molecule has 23 heavy (non-hydrogen) atoms. The molecule has 0 aliphatic rings. The summed E-state index contributed by atoms with van der Waals surface area (Å²) in [5.74, 6) is -1.52. The summed E-state index contributed by atoms with van der Waals surface area (Å²) in [4.78, 5) is 23.0. The number of carboxylic acids is 1. The molecule has 0 unspecified atom stereocenters. The van der Waals surface area contributed by atoms with E-state index in [2.05, 4.69) is 10.3 Å². The summed E-state index contributed by atoms with van der Waals surface area (Å²) >= 11 is 0. The largest absolute Gasteiger partial charge is 0.476 e. The highest BCUT2D eigenvalue weighted by molar-refractivity contribution is 5.89. The normalized spacial score (nSPS) is 11.3. The molecule has 0 radical (unpaired) electrons. The molecule has 122 valence electrons. The number of hydrogen-bond acceptors (Lipinski definition) is 5. The van der Waals surface area contributed by atoms with Crippen LogP contribution in [0.15, 0.2) is 24.3 Å². The van der Waals surface area contributed by atoms with Gasteiger partial charge in [-0.25, -0.2) is 14.3 Å². The van der Waals surface area contributed by atoms with Gasteiger partial charge in [0.2, 0.25) is 0 Å². The Labute approximate surface area is 133 Å². The highest BCUT2D eigenvalue weighted by Gasteiger charge is 2.29. The predicted molar refractivity (Wildman–Crippen MR) is 83.0 cm³/mol. The van der Waals surface area contributed by atoms with Crippen molar-refractivity contribution in [2.24, 2.45) is 0 Å². The Morgan fingerprint density at radius 2 is 1.83 bits per heavy atom. The van der Waals surface area contributed by atoms with E-state index in [1.807, 2.05) is 20.8 Å². The van der Waals surface area contributed by atoms with Gasteiger partial charge in [0.05, 0.1) is 23.6 Å². The number of carboxylic acid groups (broad SMARTS) is 1. The maximum Gasteiger partial charge on any atom is 0.358 e. The van der Waals surface area contributed by atoms with Crippen molar-refractivity contribution < 1.29 is 19.4 Å². The average molecular weight is 317 g/mol. The molecule has 2 rings (SSSR count). The topological polar surface area (TPSA) is 94.3 Å². The molecule has 0 aliphatic carbocycles. The molecule has 7 heteroatoms. The molecule has 1 aromatic carbocycles. The Morgan fingerprint density at radius 3 is 2.30 bits per heavy atom. The van der Waals surface area contributed by atoms with Crippen molar-refractivity contribution in [3.05, 3.63) is 41.2 Å². The summed E-state index contributed by atoms with van der Waals surface area (Å²) < 4.78 is 6.42. The minimum atomic E-state index is -1.12. The van der Waals surface area contributed by atoms with Gasteiger partial charge in [0.25, 0.3) is 0 Å². The molecule has 0 bridgehead atoms. The number of ether oxygens (including phenoxy) is 1. The summed E-state index contributed by atoms with van der Waals surface area (Å²) in [7, 11) is 0. The van der Waals surface area contributed by atoms with Gasteiger partial charge in [-0.2, -0.15) is 0 Å². The SMILES string of the molecule is CCOC(=O)c1ccc(-n2nnc(C(=O)O)c2C(C)(C)C)cc1. The summed E-state index contributed by atoms with van der Waals surface area (Å²) in [6.45, 7) is 7.72. The lowest BCUT2D eigenvalue weighted by Gasteiger charge is -2.20. The molecule has 0 atom stereocenters. The number of aromatic nitrogens is 3. The van der Waals surface area contributed by atoms with Crippen LogP contribution in [0.2, 0.25) is 0 Å². The summed E-state index contributed by atoms with van der Waals surface area (Å²) in [6.07, 6.45) is 0. The zero-order valence-corrected chi connectivity index (χ0v) is 13.5. The lowest BCUT2D eigenvalue weighted by molar-refractivity contribution is 0.0526. The Bertz CT molecular complexity index is 727. The standard InChI is InChI=1S/C16H19N3O4/c1-5-23-15(22)10-6-8-11(9-7-10)19-13(16(2,3)4)12(14(20)21)17-18-19/h6-9H,5H2,1-4H3,(H,20,21). The monoisotopic (exact) mass is 317 g/mol. The first-order valence-electron chi connectivity index (χ1n) is 7.22. The maximum atomic E-state index is 11.7. The first kappa shape index (κ1) is 16.7. The number of aromatic carboxylic acids is 1. The van der Waals surface area contributed by atoms with Crippen molar-refractivity contribution >= 4 is 11.9 Å². The number of benzene rings is 1. The summed E-state index contributed by atoms with van der Waals surface area (Å²) in [5.41, 5.74) is 1.01. The first-order chi connectivity index (χ1) is 10.8. The van der Waals surface area contributed by atoms with Crippen LogP contribution in [-0.4, -0.2) is 38.6 Å². The first-order valence-corrected chi connectivity index (χ1v) is 7.22. The van der Waals surface area contributed by atoms with Crippen LogP contribution in [0.3, 0.4) is 0 Å². The lowest BCUT2D eigenvalue weighted by atomic mass is 9.90. The van der Waals surface area contributed by atoms with Crippen molar-refractivity contribution in [3.63, 3.8) is 0 Å². The third-order valence-corrected chi connectivity index (χ3v) is 3.21. The van der Waals surface area contributed by atoms with Crippen LogP contribution < -0.4 is 0 Å². The molecule has 0 amide bonds. The average Bonchev–Trinajstić information content (AvgIpc) is 2.93. The molecule has 0 aliphatic heterocycles. The zero-order chi connectivity index (χ0) is 17.2. The number of nitrogens with zero attached hydrogens (tertiary/aromatic N) is 3. The second-order valence-electron chi connectivity index (χ2n) is 6.02. The lowest BCUT2D eigenvalue weighted by Crippen LogP contribution is -2.21. The number of carbonyl (C=O) groups excluding carboxylic acids is 1. The number of hydrogen-bond donors (Lipinski definition) is 1. The van der Waals surface area contributed by atoms with Gasteiger partial charge in [-0.3, -0.25) is 0 Å². The Morgan fingerprint density at radius 1 is 1.22 bits per heavy atom. The highest BCUT2D eigenvalue weighted by Crippen LogP contribution is 2.27. The van der Waals surface area contributed by atoms with Crippen LogP contribution in [0.25, 0.3) is 5.69 Å². The van der Waals surface area contributed by atoms with Gasteiger partial charge in [-0.1, -0.05) is 26.0 Å². The third kappa shape index (κ3) is 3.39. The van der Waals surface area contributed by atoms with E-state index in [1.165, 1.54) is 4.68 Å². The Hall–Kier alpha value is -2.70. The van der Waals surface area contributed by atoms with E-state index in [1.54, 1.807) is 31.2 Å². The molecule has 0 saturated carbocycles. The molecular weight excluding hydrogens is 298 g/mol. The maximum absolute atomic E-state index is 11.7. The van der Waals surface area contributed by atoms with Gasteiger partial charge < -0.3 is 9.84 Å². The number of carbonyl (C=O) groups is 2. The van der Waals surface area contributed by atoms with E-state index in [0.29, 0.717) is 23.6 Å². The number of rotatable bonds is 4.